The van der Waals surface area contributed by atoms with Crippen LogP contribution in [0.5, 0.6) is 5.75 Å². The summed E-state index contributed by atoms with van der Waals surface area (Å²) in [6, 6.07) is 5.62. The molecule has 3 fully saturated rings. The highest BCUT2D eigenvalue weighted by Gasteiger charge is 2.58. The second kappa shape index (κ2) is 7.50. The van der Waals surface area contributed by atoms with Crippen LogP contribution in [0.2, 0.25) is 0 Å². The second-order valence-corrected chi connectivity index (χ2v) is 10.8. The molecule has 2 N–H and O–H groups in total. The van der Waals surface area contributed by atoms with E-state index in [-0.39, 0.29) is 17.3 Å². The van der Waals surface area contributed by atoms with Crippen molar-refractivity contribution in [1.82, 2.24) is 25.1 Å². The van der Waals surface area contributed by atoms with E-state index in [1.54, 1.807) is 29.3 Å². The number of hydrogen-bond donors (Lipinski definition) is 2. The van der Waals surface area contributed by atoms with Crippen LogP contribution < -0.4 is 10.2 Å². The van der Waals surface area contributed by atoms with Gasteiger partial charge in [-0.15, -0.1) is 0 Å². The number of hydrogen-bond acceptors (Lipinski definition) is 6. The Labute approximate surface area is 199 Å². The number of alkyl halides is 1. The van der Waals surface area contributed by atoms with E-state index >= 15 is 4.39 Å². The first-order valence-corrected chi connectivity index (χ1v) is 12.1. The summed E-state index contributed by atoms with van der Waals surface area (Å²) < 4.78 is 17.5. The average molecular weight is 463 g/mol. The van der Waals surface area contributed by atoms with E-state index < -0.39 is 11.7 Å². The Morgan fingerprint density at radius 1 is 1.12 bits per heavy atom. The Morgan fingerprint density at radius 3 is 2.59 bits per heavy atom. The summed E-state index contributed by atoms with van der Waals surface area (Å²) in [5.41, 5.74) is 2.51. The van der Waals surface area contributed by atoms with Crippen molar-refractivity contribution in [3.63, 3.8) is 0 Å². The number of phenolic OH excluding ortho intramolecular Hbond substituents is 1. The predicted octanol–water partition coefficient (Wildman–Crippen LogP) is 4.23. The van der Waals surface area contributed by atoms with E-state index in [2.05, 4.69) is 27.2 Å². The molecule has 0 amide bonds. The molecule has 8 heteroatoms. The molecule has 1 aromatic carbocycles. The lowest BCUT2D eigenvalue weighted by molar-refractivity contribution is 0.0832. The van der Waals surface area contributed by atoms with Gasteiger partial charge in [-0.1, -0.05) is 6.07 Å². The quantitative estimate of drug-likeness (QED) is 0.591. The second-order valence-electron chi connectivity index (χ2n) is 10.8. The minimum absolute atomic E-state index is 0.0374. The number of anilines is 1. The standard InChI is InChI=1S/C26H31FN6O/c1-25-8-9-26(2,31-25)24(27)21(11-25)33(18-5-6-18)23-14-28-20(13-29-23)19-7-4-16(10-22(19)34)17-12-30-32(3)15-17/h4,7,10,12-15,18,21,24,31,34H,5-6,8-9,11H2,1-3H3/t21-,24-,25-,26+/m1/s1. The molecule has 178 valence electrons. The van der Waals surface area contributed by atoms with E-state index in [0.717, 1.165) is 49.0 Å². The molecule has 4 heterocycles. The third kappa shape index (κ3) is 3.55. The molecular formula is C26H31FN6O. The molecule has 0 radical (unpaired) electrons. The molecular weight excluding hydrogens is 431 g/mol. The first-order valence-electron chi connectivity index (χ1n) is 12.1. The van der Waals surface area contributed by atoms with Crippen LogP contribution in [0.25, 0.3) is 22.4 Å². The molecule has 1 aliphatic carbocycles. The van der Waals surface area contributed by atoms with Crippen LogP contribution in [0.3, 0.4) is 0 Å². The van der Waals surface area contributed by atoms with Gasteiger partial charge in [0.15, 0.2) is 0 Å². The van der Waals surface area contributed by atoms with E-state index in [4.69, 9.17) is 4.98 Å². The normalized spacial score (nSPS) is 30.5. The molecule has 6 rings (SSSR count). The van der Waals surface area contributed by atoms with Gasteiger partial charge in [0.2, 0.25) is 0 Å². The van der Waals surface area contributed by atoms with E-state index in [1.165, 1.54) is 0 Å². The van der Waals surface area contributed by atoms with Crippen molar-refractivity contribution in [2.75, 3.05) is 4.90 Å². The Hall–Kier alpha value is -3.00. The number of fused-ring (bicyclic) bond motifs is 2. The van der Waals surface area contributed by atoms with Gasteiger partial charge in [-0.2, -0.15) is 5.10 Å². The Morgan fingerprint density at radius 2 is 1.94 bits per heavy atom. The third-order valence-electron chi connectivity index (χ3n) is 7.90. The lowest BCUT2D eigenvalue weighted by atomic mass is 9.82. The summed E-state index contributed by atoms with van der Waals surface area (Å²) in [6.45, 7) is 4.24. The summed E-state index contributed by atoms with van der Waals surface area (Å²) in [5.74, 6) is 0.862. The SMILES string of the molecule is Cn1cc(-c2ccc(-c3cnc(N(C4CC4)[C@@H]4C[C@@]5(C)CC[C@](C)(N5)[C@@H]4F)cn3)c(O)c2)cn1. The Balaban J connectivity index is 1.28. The van der Waals surface area contributed by atoms with E-state index in [9.17, 15) is 5.11 Å². The molecule has 2 aromatic heterocycles. The first kappa shape index (κ1) is 21.5. The number of aryl methyl sites for hydroxylation is 1. The van der Waals surface area contributed by atoms with Crippen molar-refractivity contribution in [2.24, 2.45) is 7.05 Å². The van der Waals surface area contributed by atoms with Crippen molar-refractivity contribution in [1.29, 1.82) is 0 Å². The molecule has 4 atom stereocenters. The number of nitrogens with one attached hydrogen (secondary N) is 1. The minimum atomic E-state index is -0.964. The fourth-order valence-corrected chi connectivity index (χ4v) is 6.01. The molecule has 34 heavy (non-hydrogen) atoms. The molecule has 3 aliphatic rings. The fraction of sp³-hybridized carbons (Fsp3) is 0.500. The highest BCUT2D eigenvalue weighted by molar-refractivity contribution is 5.73. The number of piperidine rings is 1. The van der Waals surface area contributed by atoms with Crippen molar-refractivity contribution in [3.05, 3.63) is 43.0 Å². The van der Waals surface area contributed by atoms with Crippen LogP contribution in [0, 0.1) is 0 Å². The van der Waals surface area contributed by atoms with E-state index in [0.29, 0.717) is 17.3 Å². The van der Waals surface area contributed by atoms with Crippen LogP contribution >= 0.6 is 0 Å². The van der Waals surface area contributed by atoms with Crippen LogP contribution in [0.1, 0.15) is 46.0 Å². The molecule has 3 aromatic rings. The summed E-state index contributed by atoms with van der Waals surface area (Å²) in [4.78, 5) is 11.5. The molecule has 2 bridgehead atoms. The lowest BCUT2D eigenvalue weighted by Gasteiger charge is -2.48. The zero-order chi connectivity index (χ0) is 23.7. The maximum Gasteiger partial charge on any atom is 0.147 e. The van der Waals surface area contributed by atoms with Gasteiger partial charge in [-0.05, 0) is 63.6 Å². The summed E-state index contributed by atoms with van der Waals surface area (Å²) in [6.07, 6.45) is 10.9. The van der Waals surface area contributed by atoms with Gasteiger partial charge in [0.25, 0.3) is 0 Å². The fourth-order valence-electron chi connectivity index (χ4n) is 6.01. The van der Waals surface area contributed by atoms with Gasteiger partial charge in [0.1, 0.15) is 17.7 Å². The third-order valence-corrected chi connectivity index (χ3v) is 7.90. The van der Waals surface area contributed by atoms with Crippen LogP contribution in [0.4, 0.5) is 10.2 Å². The molecule has 0 spiro atoms. The smallest absolute Gasteiger partial charge is 0.147 e. The molecule has 2 saturated heterocycles. The van der Waals surface area contributed by atoms with Crippen LogP contribution in [-0.4, -0.2) is 54.2 Å². The molecule has 0 unspecified atom stereocenters. The topological polar surface area (TPSA) is 79.1 Å². The number of benzene rings is 1. The zero-order valence-corrected chi connectivity index (χ0v) is 19.9. The van der Waals surface area contributed by atoms with Gasteiger partial charge < -0.3 is 15.3 Å². The van der Waals surface area contributed by atoms with Crippen LogP contribution in [0.15, 0.2) is 43.0 Å². The van der Waals surface area contributed by atoms with Crippen molar-refractivity contribution in [2.45, 2.75) is 75.3 Å². The van der Waals surface area contributed by atoms with Gasteiger partial charge in [-0.25, -0.2) is 9.37 Å². The predicted molar refractivity (Wildman–Crippen MR) is 129 cm³/mol. The van der Waals surface area contributed by atoms with Gasteiger partial charge in [-0.3, -0.25) is 9.67 Å². The van der Waals surface area contributed by atoms with Crippen molar-refractivity contribution < 1.29 is 9.50 Å². The maximum atomic E-state index is 15.8. The minimum Gasteiger partial charge on any atom is -0.507 e. The zero-order valence-electron chi connectivity index (χ0n) is 19.9. The van der Waals surface area contributed by atoms with Crippen LogP contribution in [-0.2, 0) is 7.05 Å². The van der Waals surface area contributed by atoms with Crippen molar-refractivity contribution >= 4 is 5.82 Å². The number of rotatable bonds is 5. The Kier molecular flexibility index (Phi) is 4.75. The highest BCUT2D eigenvalue weighted by atomic mass is 19.1. The van der Waals surface area contributed by atoms with Gasteiger partial charge in [0, 0.05) is 41.5 Å². The molecule has 2 aliphatic heterocycles. The Bertz CT molecular complexity index is 1220. The lowest BCUT2D eigenvalue weighted by Crippen LogP contribution is -2.66. The van der Waals surface area contributed by atoms with E-state index in [1.807, 2.05) is 32.3 Å². The summed E-state index contributed by atoms with van der Waals surface area (Å²) in [7, 11) is 1.86. The van der Waals surface area contributed by atoms with Gasteiger partial charge in [0.05, 0.1) is 30.3 Å². The monoisotopic (exact) mass is 462 g/mol. The number of aromatic nitrogens is 4. The first-order chi connectivity index (χ1) is 16.2. The number of phenols is 1. The molecule has 1 saturated carbocycles. The highest BCUT2D eigenvalue weighted by Crippen LogP contribution is 2.48. The number of nitrogens with zero attached hydrogens (tertiary/aromatic N) is 5. The largest absolute Gasteiger partial charge is 0.507 e. The summed E-state index contributed by atoms with van der Waals surface area (Å²) >= 11 is 0. The number of halogens is 1. The number of aromatic hydroxyl groups is 1. The average Bonchev–Trinajstić information content (AvgIpc) is 3.48. The van der Waals surface area contributed by atoms with Gasteiger partial charge >= 0.3 is 0 Å². The van der Waals surface area contributed by atoms with Crippen molar-refractivity contribution in [3.8, 4) is 28.1 Å². The summed E-state index contributed by atoms with van der Waals surface area (Å²) in [5, 5.41) is 18.5. The maximum absolute atomic E-state index is 15.8. The molecule has 7 nitrogen and oxygen atoms in total.